The molecule has 5 aliphatic rings. The van der Waals surface area contributed by atoms with Crippen molar-refractivity contribution in [2.24, 2.45) is 40.6 Å². The summed E-state index contributed by atoms with van der Waals surface area (Å²) in [5.74, 6) is 1.21. The topological polar surface area (TPSA) is 89.2 Å². The lowest BCUT2D eigenvalue weighted by molar-refractivity contribution is -0.140. The first-order valence-electron chi connectivity index (χ1n) is 10.5. The third kappa shape index (κ3) is 2.65. The molecule has 7 nitrogen and oxygen atoms in total. The Balaban J connectivity index is 1.20. The van der Waals surface area contributed by atoms with Gasteiger partial charge in [-0.3, -0.25) is 9.59 Å². The molecule has 2 bridgehead atoms. The number of nitrogens with zero attached hydrogens (tertiary/aromatic N) is 2. The maximum absolute atomic E-state index is 13.0. The molecule has 31 heavy (non-hydrogen) atoms. The molecule has 2 amide bonds. The average molecular weight is 416 g/mol. The summed E-state index contributed by atoms with van der Waals surface area (Å²) in [4.78, 5) is 37.5. The van der Waals surface area contributed by atoms with Crippen LogP contribution < -0.4 is 0 Å². The summed E-state index contributed by atoms with van der Waals surface area (Å²) in [6, 6.07) is 10.4. The van der Waals surface area contributed by atoms with E-state index < -0.39 is 5.97 Å². The fourth-order valence-corrected chi connectivity index (χ4v) is 5.64. The van der Waals surface area contributed by atoms with Crippen molar-refractivity contribution in [1.29, 1.82) is 0 Å². The lowest BCUT2D eigenvalue weighted by atomic mass is 9.63. The van der Waals surface area contributed by atoms with Gasteiger partial charge in [0, 0.05) is 5.56 Å². The number of benzene rings is 1. The molecule has 0 N–H and O–H groups in total. The van der Waals surface area contributed by atoms with E-state index in [0.717, 1.165) is 17.0 Å². The molecule has 4 aliphatic carbocycles. The molecule has 0 radical (unpaired) electrons. The predicted molar refractivity (Wildman–Crippen MR) is 110 cm³/mol. The number of rotatable bonds is 4. The molecule has 7 rings (SSSR count). The average Bonchev–Trinajstić information content (AvgIpc) is 3.44. The number of hydrazone groups is 1. The second kappa shape index (κ2) is 6.51. The minimum atomic E-state index is -0.403. The van der Waals surface area contributed by atoms with Gasteiger partial charge in [0.05, 0.1) is 30.7 Å². The van der Waals surface area contributed by atoms with Crippen molar-refractivity contribution in [3.05, 3.63) is 59.9 Å². The van der Waals surface area contributed by atoms with E-state index in [2.05, 4.69) is 17.3 Å². The van der Waals surface area contributed by atoms with Crippen molar-refractivity contribution >= 4 is 24.0 Å². The minimum Gasteiger partial charge on any atom is -0.465 e. The van der Waals surface area contributed by atoms with Gasteiger partial charge in [0.25, 0.3) is 11.8 Å². The van der Waals surface area contributed by atoms with Crippen LogP contribution in [0.4, 0.5) is 0 Å². The molecule has 2 saturated carbocycles. The fraction of sp³-hybridized carbons (Fsp3) is 0.333. The molecule has 0 unspecified atom stereocenters. The van der Waals surface area contributed by atoms with E-state index in [-0.39, 0.29) is 35.5 Å². The number of methoxy groups -OCH3 is 1. The lowest BCUT2D eigenvalue weighted by Gasteiger charge is -2.37. The smallest absolute Gasteiger partial charge is 0.337 e. The quantitative estimate of drug-likeness (QED) is 0.331. The Bertz CT molecular complexity index is 1120. The summed E-state index contributed by atoms with van der Waals surface area (Å²) in [6.45, 7) is 0. The lowest BCUT2D eigenvalue weighted by Crippen LogP contribution is -2.40. The van der Waals surface area contributed by atoms with Crippen LogP contribution >= 0.6 is 0 Å². The maximum atomic E-state index is 13.0. The van der Waals surface area contributed by atoms with Gasteiger partial charge in [0.15, 0.2) is 0 Å². The molecular weight excluding hydrogens is 396 g/mol. The van der Waals surface area contributed by atoms with Crippen molar-refractivity contribution in [2.45, 2.75) is 6.42 Å². The van der Waals surface area contributed by atoms with Gasteiger partial charge < -0.3 is 9.15 Å². The van der Waals surface area contributed by atoms with Gasteiger partial charge in [0.1, 0.15) is 11.5 Å². The Morgan fingerprint density at radius 3 is 2.29 bits per heavy atom. The van der Waals surface area contributed by atoms with Crippen molar-refractivity contribution < 1.29 is 23.5 Å². The summed E-state index contributed by atoms with van der Waals surface area (Å²) in [5, 5.41) is 5.24. The SMILES string of the molecule is COC(=O)c1ccc(-c2ccc(/C=N\N3C(=O)[C@H]4[C@@H]5C=C[C@@H]([C@H]6C[C@H]56)[C@@H]4C3=O)o2)cc1. The van der Waals surface area contributed by atoms with Crippen LogP contribution in [0.5, 0.6) is 0 Å². The normalized spacial score (nSPS) is 32.5. The number of carbonyl (C=O) groups excluding carboxylic acids is 3. The maximum Gasteiger partial charge on any atom is 0.337 e. The van der Waals surface area contributed by atoms with Gasteiger partial charge in [0.2, 0.25) is 0 Å². The standard InChI is InChI=1S/C24H20N2O5/c1-30-24(29)13-4-2-12(3-5-13)19-9-6-14(31-19)11-25-26-22(27)20-15-7-8-16(18-10-17(15)18)21(20)23(26)28/h2-9,11,15-18,20-21H,10H2,1H3/b25-11-/t15-,16+,17-,18-,20+,21+/m1/s1. The van der Waals surface area contributed by atoms with Gasteiger partial charge in [-0.05, 0) is 54.4 Å². The second-order valence-corrected chi connectivity index (χ2v) is 8.66. The van der Waals surface area contributed by atoms with Gasteiger partial charge in [-0.2, -0.15) is 10.1 Å². The van der Waals surface area contributed by atoms with Crippen LogP contribution in [0.3, 0.4) is 0 Å². The van der Waals surface area contributed by atoms with Crippen LogP contribution in [0.1, 0.15) is 22.5 Å². The molecule has 2 aromatic rings. The van der Waals surface area contributed by atoms with Crippen LogP contribution in [0.15, 0.2) is 58.1 Å². The number of hydrogen-bond donors (Lipinski definition) is 0. The van der Waals surface area contributed by atoms with E-state index in [9.17, 15) is 14.4 Å². The number of allylic oxidation sites excluding steroid dienone is 2. The van der Waals surface area contributed by atoms with E-state index in [0.29, 0.717) is 28.9 Å². The van der Waals surface area contributed by atoms with Crippen molar-refractivity contribution in [3.63, 3.8) is 0 Å². The second-order valence-electron chi connectivity index (χ2n) is 8.66. The van der Waals surface area contributed by atoms with Crippen LogP contribution in [0, 0.1) is 35.5 Å². The first kappa shape index (κ1) is 18.3. The highest BCUT2D eigenvalue weighted by Crippen LogP contribution is 2.65. The van der Waals surface area contributed by atoms with Crippen LogP contribution in [-0.4, -0.2) is 36.1 Å². The van der Waals surface area contributed by atoms with Gasteiger partial charge >= 0.3 is 5.97 Å². The zero-order chi connectivity index (χ0) is 21.3. The molecule has 1 aliphatic heterocycles. The van der Waals surface area contributed by atoms with E-state index in [1.807, 2.05) is 0 Å². The third-order valence-corrected chi connectivity index (χ3v) is 7.16. The first-order chi connectivity index (χ1) is 15.1. The zero-order valence-corrected chi connectivity index (χ0v) is 16.8. The molecule has 3 fully saturated rings. The summed E-state index contributed by atoms with van der Waals surface area (Å²) < 4.78 is 10.5. The number of ether oxygens (including phenoxy) is 1. The van der Waals surface area contributed by atoms with Crippen molar-refractivity contribution in [2.75, 3.05) is 7.11 Å². The van der Waals surface area contributed by atoms with E-state index in [4.69, 9.17) is 9.15 Å². The number of esters is 1. The highest BCUT2D eigenvalue weighted by molar-refractivity contribution is 6.06. The fourth-order valence-electron chi connectivity index (χ4n) is 5.64. The largest absolute Gasteiger partial charge is 0.465 e. The monoisotopic (exact) mass is 416 g/mol. The van der Waals surface area contributed by atoms with Crippen LogP contribution in [-0.2, 0) is 14.3 Å². The Kier molecular flexibility index (Phi) is 3.84. The summed E-state index contributed by atoms with van der Waals surface area (Å²) in [6.07, 6.45) is 6.83. The van der Waals surface area contributed by atoms with Crippen molar-refractivity contribution in [3.8, 4) is 11.3 Å². The number of hydrogen-bond acceptors (Lipinski definition) is 6. The number of imide groups is 1. The summed E-state index contributed by atoms with van der Waals surface area (Å²) >= 11 is 0. The molecule has 7 heteroatoms. The Hall–Kier alpha value is -3.48. The van der Waals surface area contributed by atoms with Crippen LogP contribution in [0.2, 0.25) is 0 Å². The Morgan fingerprint density at radius 2 is 1.68 bits per heavy atom. The van der Waals surface area contributed by atoms with Crippen molar-refractivity contribution in [1.82, 2.24) is 5.01 Å². The van der Waals surface area contributed by atoms with E-state index >= 15 is 0 Å². The molecule has 0 spiro atoms. The predicted octanol–water partition coefficient (Wildman–Crippen LogP) is 3.12. The van der Waals surface area contributed by atoms with E-state index in [1.165, 1.54) is 13.3 Å². The van der Waals surface area contributed by atoms with Gasteiger partial charge in [-0.25, -0.2) is 4.79 Å². The van der Waals surface area contributed by atoms with Gasteiger partial charge in [-0.15, -0.1) is 0 Å². The molecule has 1 saturated heterocycles. The molecule has 156 valence electrons. The van der Waals surface area contributed by atoms with E-state index in [1.54, 1.807) is 36.4 Å². The Labute approximate surface area is 178 Å². The zero-order valence-electron chi connectivity index (χ0n) is 16.8. The minimum absolute atomic E-state index is 0.180. The number of amides is 2. The highest BCUT2D eigenvalue weighted by Gasteiger charge is 2.67. The molecule has 1 aromatic carbocycles. The molecular formula is C24H20N2O5. The highest BCUT2D eigenvalue weighted by atomic mass is 16.5. The summed E-state index contributed by atoms with van der Waals surface area (Å²) in [5.41, 5.74) is 1.24. The van der Waals surface area contributed by atoms with Crippen LogP contribution in [0.25, 0.3) is 11.3 Å². The van der Waals surface area contributed by atoms with Gasteiger partial charge in [-0.1, -0.05) is 24.3 Å². The molecule has 1 aromatic heterocycles. The molecule has 6 atom stereocenters. The first-order valence-corrected chi connectivity index (χ1v) is 10.5. The summed E-state index contributed by atoms with van der Waals surface area (Å²) in [7, 11) is 1.34. The third-order valence-electron chi connectivity index (χ3n) is 7.16. The Morgan fingerprint density at radius 1 is 1.03 bits per heavy atom. The number of carbonyl (C=O) groups is 3. The molecule has 2 heterocycles. The number of furan rings is 1.